The summed E-state index contributed by atoms with van der Waals surface area (Å²) < 4.78 is 5.03. The number of nitrogens with one attached hydrogen (secondary N) is 1. The van der Waals surface area contributed by atoms with E-state index in [0.717, 1.165) is 0 Å². The molecule has 20 heavy (non-hydrogen) atoms. The van der Waals surface area contributed by atoms with Gasteiger partial charge >= 0.3 is 5.97 Å². The average Bonchev–Trinajstić information content (AvgIpc) is 2.65. The number of halogens is 2. The monoisotopic (exact) mass is 315 g/mol. The Morgan fingerprint density at radius 1 is 1.50 bits per heavy atom. The topological polar surface area (TPSA) is 55.4 Å². The fraction of sp³-hybridized carbons (Fsp3) is 0.429. The van der Waals surface area contributed by atoms with Crippen molar-refractivity contribution < 1.29 is 14.3 Å². The van der Waals surface area contributed by atoms with Gasteiger partial charge in [-0.3, -0.25) is 4.79 Å². The minimum absolute atomic E-state index is 0.178. The van der Waals surface area contributed by atoms with Crippen LogP contribution in [0.2, 0.25) is 10.0 Å². The van der Waals surface area contributed by atoms with Crippen LogP contribution in [0.1, 0.15) is 25.8 Å². The molecule has 0 radical (unpaired) electrons. The number of benzene rings is 1. The molecule has 6 heteroatoms. The number of ether oxygens (including phenoxy) is 1. The van der Waals surface area contributed by atoms with Gasteiger partial charge in [-0.1, -0.05) is 36.2 Å². The molecule has 2 unspecified atom stereocenters. The number of esters is 1. The third kappa shape index (κ3) is 2.63. The summed E-state index contributed by atoms with van der Waals surface area (Å²) in [5.41, 5.74) is -0.0367. The zero-order valence-corrected chi connectivity index (χ0v) is 12.7. The molecule has 4 nitrogen and oxygen atoms in total. The van der Waals surface area contributed by atoms with Crippen LogP contribution in [0.25, 0.3) is 0 Å². The van der Waals surface area contributed by atoms with Crippen LogP contribution < -0.4 is 5.32 Å². The van der Waals surface area contributed by atoms with Crippen molar-refractivity contribution in [3.8, 4) is 0 Å². The second kappa shape index (κ2) is 5.62. The minimum atomic E-state index is -0.745. The molecule has 0 aliphatic carbocycles. The highest BCUT2D eigenvalue weighted by Crippen LogP contribution is 2.40. The molecular formula is C14H15Cl2NO3. The molecule has 2 atom stereocenters. The van der Waals surface area contributed by atoms with E-state index < -0.39 is 17.4 Å². The summed E-state index contributed by atoms with van der Waals surface area (Å²) in [6.07, 6.45) is 0.178. The molecule has 1 saturated heterocycles. The molecule has 1 aliphatic heterocycles. The van der Waals surface area contributed by atoms with Crippen molar-refractivity contribution in [2.45, 2.75) is 31.7 Å². The normalized spacial score (nSPS) is 25.4. The van der Waals surface area contributed by atoms with Crippen molar-refractivity contribution in [3.05, 3.63) is 33.8 Å². The molecule has 0 aromatic heterocycles. The predicted molar refractivity (Wildman–Crippen MR) is 77.0 cm³/mol. The van der Waals surface area contributed by atoms with Crippen LogP contribution in [-0.2, 0) is 19.7 Å². The van der Waals surface area contributed by atoms with E-state index in [2.05, 4.69) is 5.32 Å². The maximum Gasteiger partial charge on any atom is 0.329 e. The number of rotatable bonds is 3. The Morgan fingerprint density at radius 2 is 2.20 bits per heavy atom. The standard InChI is InChI=1S/C14H15Cl2NO3/c1-3-20-13(19)12-14(2,7-11(18)17-12)9-5-4-8(15)6-10(9)16/h4-6,12H,3,7H2,1-2H3,(H,17,18). The number of carbonyl (C=O) groups excluding carboxylic acids is 2. The maximum absolute atomic E-state index is 12.1. The molecule has 1 aliphatic rings. The average molecular weight is 316 g/mol. The van der Waals surface area contributed by atoms with E-state index in [1.807, 2.05) is 6.92 Å². The van der Waals surface area contributed by atoms with Gasteiger partial charge in [0.2, 0.25) is 5.91 Å². The van der Waals surface area contributed by atoms with Gasteiger partial charge in [-0.2, -0.15) is 0 Å². The number of hydrogen-bond acceptors (Lipinski definition) is 3. The SMILES string of the molecule is CCOC(=O)C1NC(=O)CC1(C)c1ccc(Cl)cc1Cl. The largest absolute Gasteiger partial charge is 0.464 e. The maximum atomic E-state index is 12.1. The van der Waals surface area contributed by atoms with E-state index in [4.69, 9.17) is 27.9 Å². The third-order valence-electron chi connectivity index (χ3n) is 3.54. The lowest BCUT2D eigenvalue weighted by atomic mass is 9.76. The summed E-state index contributed by atoms with van der Waals surface area (Å²) in [6, 6.07) is 4.30. The van der Waals surface area contributed by atoms with Gasteiger partial charge in [-0.15, -0.1) is 0 Å². The lowest BCUT2D eigenvalue weighted by Crippen LogP contribution is -2.46. The van der Waals surface area contributed by atoms with Gasteiger partial charge in [0.25, 0.3) is 0 Å². The number of carbonyl (C=O) groups is 2. The fourth-order valence-corrected chi connectivity index (χ4v) is 3.18. The lowest BCUT2D eigenvalue weighted by Gasteiger charge is -2.29. The van der Waals surface area contributed by atoms with Gasteiger partial charge in [0.1, 0.15) is 6.04 Å². The van der Waals surface area contributed by atoms with Crippen molar-refractivity contribution in [1.82, 2.24) is 5.32 Å². The van der Waals surface area contributed by atoms with Crippen LogP contribution in [0.15, 0.2) is 18.2 Å². The number of amides is 1. The molecular weight excluding hydrogens is 301 g/mol. The second-order valence-electron chi connectivity index (χ2n) is 4.97. The first-order valence-corrected chi connectivity index (χ1v) is 7.05. The van der Waals surface area contributed by atoms with Crippen LogP contribution in [0, 0.1) is 0 Å². The molecule has 1 aromatic carbocycles. The molecule has 1 fully saturated rings. The molecule has 0 saturated carbocycles. The van der Waals surface area contributed by atoms with E-state index in [0.29, 0.717) is 15.6 Å². The summed E-state index contributed by atoms with van der Waals surface area (Å²) >= 11 is 12.1. The van der Waals surface area contributed by atoms with Crippen LogP contribution in [0.5, 0.6) is 0 Å². The van der Waals surface area contributed by atoms with Gasteiger partial charge in [0, 0.05) is 21.9 Å². The molecule has 0 spiro atoms. The van der Waals surface area contributed by atoms with Crippen molar-refractivity contribution in [2.75, 3.05) is 6.61 Å². The summed E-state index contributed by atoms with van der Waals surface area (Å²) in [5, 5.41) is 3.61. The zero-order chi connectivity index (χ0) is 14.9. The summed E-state index contributed by atoms with van der Waals surface area (Å²) in [7, 11) is 0. The van der Waals surface area contributed by atoms with Crippen LogP contribution in [0.4, 0.5) is 0 Å². The first-order valence-electron chi connectivity index (χ1n) is 6.30. The smallest absolute Gasteiger partial charge is 0.329 e. The van der Waals surface area contributed by atoms with E-state index in [1.165, 1.54) is 0 Å². The Kier molecular flexibility index (Phi) is 4.25. The van der Waals surface area contributed by atoms with Crippen molar-refractivity contribution >= 4 is 35.1 Å². The second-order valence-corrected chi connectivity index (χ2v) is 5.81. The molecule has 2 rings (SSSR count). The van der Waals surface area contributed by atoms with Crippen LogP contribution in [-0.4, -0.2) is 24.5 Å². The van der Waals surface area contributed by atoms with Gasteiger partial charge < -0.3 is 10.1 Å². The summed E-state index contributed by atoms with van der Waals surface area (Å²) in [6.45, 7) is 3.80. The van der Waals surface area contributed by atoms with E-state index >= 15 is 0 Å². The highest BCUT2D eigenvalue weighted by molar-refractivity contribution is 6.35. The Labute approximate surface area is 127 Å². The Bertz CT molecular complexity index is 561. The minimum Gasteiger partial charge on any atom is -0.464 e. The van der Waals surface area contributed by atoms with Crippen LogP contribution in [0.3, 0.4) is 0 Å². The zero-order valence-electron chi connectivity index (χ0n) is 11.2. The Morgan fingerprint density at radius 3 is 2.80 bits per heavy atom. The quantitative estimate of drug-likeness (QED) is 0.872. The van der Waals surface area contributed by atoms with Gasteiger partial charge in [-0.05, 0) is 24.6 Å². The van der Waals surface area contributed by atoms with Crippen molar-refractivity contribution in [1.29, 1.82) is 0 Å². The first-order chi connectivity index (χ1) is 9.38. The molecule has 108 valence electrons. The van der Waals surface area contributed by atoms with Gasteiger partial charge in [-0.25, -0.2) is 4.79 Å². The third-order valence-corrected chi connectivity index (χ3v) is 4.09. The summed E-state index contributed by atoms with van der Waals surface area (Å²) in [4.78, 5) is 23.8. The molecule has 0 bridgehead atoms. The van der Waals surface area contributed by atoms with E-state index in [-0.39, 0.29) is 18.9 Å². The molecule has 1 aromatic rings. The highest BCUT2D eigenvalue weighted by Gasteiger charge is 2.50. The van der Waals surface area contributed by atoms with Gasteiger partial charge in [0.05, 0.1) is 6.61 Å². The molecule has 1 N–H and O–H groups in total. The molecule has 1 amide bonds. The number of hydrogen-bond donors (Lipinski definition) is 1. The Hall–Kier alpha value is -1.26. The lowest BCUT2D eigenvalue weighted by molar-refractivity contribution is -0.147. The van der Waals surface area contributed by atoms with Crippen LogP contribution >= 0.6 is 23.2 Å². The van der Waals surface area contributed by atoms with Gasteiger partial charge in [0.15, 0.2) is 0 Å². The molecule has 1 heterocycles. The Balaban J connectivity index is 2.44. The van der Waals surface area contributed by atoms with E-state index in [1.54, 1.807) is 25.1 Å². The summed E-state index contributed by atoms with van der Waals surface area (Å²) in [5.74, 6) is -0.650. The van der Waals surface area contributed by atoms with Crippen molar-refractivity contribution in [2.24, 2.45) is 0 Å². The first kappa shape index (κ1) is 15.1. The fourth-order valence-electron chi connectivity index (χ4n) is 2.55. The predicted octanol–water partition coefficient (Wildman–Crippen LogP) is 2.70. The van der Waals surface area contributed by atoms with Crippen molar-refractivity contribution in [3.63, 3.8) is 0 Å². The highest BCUT2D eigenvalue weighted by atomic mass is 35.5. The van der Waals surface area contributed by atoms with E-state index in [9.17, 15) is 9.59 Å².